The molecule has 2 fully saturated rings. The van der Waals surface area contributed by atoms with Crippen LogP contribution in [0, 0.1) is 18.8 Å². The number of aryl methyl sites for hydroxylation is 1. The molecule has 1 amide bonds. The number of nitrogens with two attached hydrogens (primary N) is 1. The Morgan fingerprint density at radius 1 is 1.13 bits per heavy atom. The molecule has 30 heavy (non-hydrogen) atoms. The van der Waals surface area contributed by atoms with Crippen LogP contribution < -0.4 is 5.73 Å². The highest BCUT2D eigenvalue weighted by molar-refractivity contribution is 7.22. The van der Waals surface area contributed by atoms with Crippen LogP contribution in [0.2, 0.25) is 0 Å². The van der Waals surface area contributed by atoms with Crippen LogP contribution in [0.3, 0.4) is 0 Å². The fraction of sp³-hybridized carbons (Fsp3) is 0.364. The molecule has 1 aromatic heterocycles. The van der Waals surface area contributed by atoms with Crippen LogP contribution in [0.1, 0.15) is 27.5 Å². The standard InChI is InChI=1S/C22H24N4OS.2ClH/c1-13-5-3-4-6-16(13)20-17-12-26(11-15(17)10-25(20)2)21(27)14-7-8-19-18(9-14)24-22(23)28-19;;/h3-9,15,17,20H,10-12H2,1-2H3,(H2,23,24);2*1H/t15-,17+,20+;;/m0../s1. The number of nitrogen functional groups attached to an aromatic ring is 1. The molecule has 2 aliphatic rings. The minimum Gasteiger partial charge on any atom is -0.375 e. The molecule has 0 unspecified atom stereocenters. The molecule has 0 bridgehead atoms. The first kappa shape index (κ1) is 22.8. The predicted molar refractivity (Wildman–Crippen MR) is 128 cm³/mol. The number of anilines is 1. The van der Waals surface area contributed by atoms with E-state index in [1.54, 1.807) is 0 Å². The Labute approximate surface area is 193 Å². The zero-order chi connectivity index (χ0) is 19.4. The monoisotopic (exact) mass is 464 g/mol. The Bertz CT molecular complexity index is 1070. The third-order valence-corrected chi connectivity index (χ3v) is 7.21. The summed E-state index contributed by atoms with van der Waals surface area (Å²) in [6, 6.07) is 14.8. The van der Waals surface area contributed by atoms with Crippen molar-refractivity contribution in [1.82, 2.24) is 14.8 Å². The summed E-state index contributed by atoms with van der Waals surface area (Å²) in [6.45, 7) is 4.86. The van der Waals surface area contributed by atoms with Crippen molar-refractivity contribution in [2.75, 3.05) is 32.4 Å². The minimum absolute atomic E-state index is 0. The third kappa shape index (κ3) is 3.78. The van der Waals surface area contributed by atoms with Gasteiger partial charge in [-0.2, -0.15) is 0 Å². The highest BCUT2D eigenvalue weighted by Crippen LogP contribution is 2.45. The minimum atomic E-state index is 0. The van der Waals surface area contributed by atoms with E-state index in [-0.39, 0.29) is 30.7 Å². The summed E-state index contributed by atoms with van der Waals surface area (Å²) in [5, 5.41) is 0.541. The van der Waals surface area contributed by atoms with Crippen LogP contribution in [-0.2, 0) is 0 Å². The molecule has 2 saturated heterocycles. The summed E-state index contributed by atoms with van der Waals surface area (Å²) >= 11 is 1.45. The second-order valence-corrected chi connectivity index (χ2v) is 9.17. The van der Waals surface area contributed by atoms with Gasteiger partial charge < -0.3 is 10.6 Å². The molecule has 2 aliphatic heterocycles. The summed E-state index contributed by atoms with van der Waals surface area (Å²) in [6.07, 6.45) is 0. The van der Waals surface area contributed by atoms with Gasteiger partial charge in [0.2, 0.25) is 0 Å². The summed E-state index contributed by atoms with van der Waals surface area (Å²) in [5.41, 5.74) is 10.0. The normalized spacial score (nSPS) is 23.1. The lowest BCUT2D eigenvalue weighted by Crippen LogP contribution is -2.33. The number of nitrogens with zero attached hydrogens (tertiary/aromatic N) is 3. The van der Waals surface area contributed by atoms with Crippen LogP contribution >= 0.6 is 36.2 Å². The number of carbonyl (C=O) groups excluding carboxylic acids is 1. The highest BCUT2D eigenvalue weighted by Gasteiger charge is 2.47. The number of halogens is 2. The van der Waals surface area contributed by atoms with Gasteiger partial charge in [-0.25, -0.2) is 4.98 Å². The van der Waals surface area contributed by atoms with Crippen LogP contribution in [-0.4, -0.2) is 47.4 Å². The first-order chi connectivity index (χ1) is 13.5. The Balaban J connectivity index is 0.00000128. The van der Waals surface area contributed by atoms with Crippen LogP contribution in [0.5, 0.6) is 0 Å². The molecule has 5 nitrogen and oxygen atoms in total. The summed E-state index contributed by atoms with van der Waals surface area (Å²) in [4.78, 5) is 22.0. The number of thiazole rings is 1. The van der Waals surface area contributed by atoms with Gasteiger partial charge in [0.15, 0.2) is 5.13 Å². The van der Waals surface area contributed by atoms with Crippen molar-refractivity contribution >= 4 is 57.4 Å². The third-order valence-electron chi connectivity index (χ3n) is 6.34. The van der Waals surface area contributed by atoms with Gasteiger partial charge >= 0.3 is 0 Å². The van der Waals surface area contributed by atoms with Gasteiger partial charge in [0.05, 0.1) is 10.2 Å². The molecule has 160 valence electrons. The molecule has 2 aromatic carbocycles. The first-order valence-electron chi connectivity index (χ1n) is 9.72. The first-order valence-corrected chi connectivity index (χ1v) is 10.5. The van der Waals surface area contributed by atoms with Gasteiger partial charge in [-0.3, -0.25) is 9.69 Å². The van der Waals surface area contributed by atoms with Crippen molar-refractivity contribution < 1.29 is 4.79 Å². The zero-order valence-corrected chi connectivity index (χ0v) is 19.4. The Kier molecular flexibility index (Phi) is 6.63. The molecular formula is C22H26Cl2N4OS. The maximum atomic E-state index is 13.2. The van der Waals surface area contributed by atoms with Crippen molar-refractivity contribution in [3.8, 4) is 0 Å². The van der Waals surface area contributed by atoms with E-state index in [2.05, 4.69) is 48.1 Å². The molecule has 3 heterocycles. The maximum absolute atomic E-state index is 13.2. The number of hydrogen-bond acceptors (Lipinski definition) is 5. The second-order valence-electron chi connectivity index (χ2n) is 8.11. The number of hydrogen-bond donors (Lipinski definition) is 1. The number of benzene rings is 2. The van der Waals surface area contributed by atoms with Gasteiger partial charge in [-0.05, 0) is 49.2 Å². The lowest BCUT2D eigenvalue weighted by molar-refractivity contribution is 0.0768. The van der Waals surface area contributed by atoms with Crippen molar-refractivity contribution in [2.45, 2.75) is 13.0 Å². The van der Waals surface area contributed by atoms with Crippen molar-refractivity contribution in [3.05, 3.63) is 59.2 Å². The fourth-order valence-corrected chi connectivity index (χ4v) is 5.79. The molecule has 8 heteroatoms. The van der Waals surface area contributed by atoms with Gasteiger partial charge in [-0.15, -0.1) is 24.8 Å². The largest absolute Gasteiger partial charge is 0.375 e. The molecular weight excluding hydrogens is 439 g/mol. The highest BCUT2D eigenvalue weighted by atomic mass is 35.5. The smallest absolute Gasteiger partial charge is 0.253 e. The summed E-state index contributed by atoms with van der Waals surface area (Å²) < 4.78 is 1.02. The molecule has 3 atom stereocenters. The average molecular weight is 465 g/mol. The van der Waals surface area contributed by atoms with Gasteiger partial charge in [0.25, 0.3) is 5.91 Å². The van der Waals surface area contributed by atoms with Crippen LogP contribution in [0.4, 0.5) is 5.13 Å². The van der Waals surface area contributed by atoms with E-state index in [1.165, 1.54) is 22.5 Å². The number of rotatable bonds is 2. The van der Waals surface area contributed by atoms with E-state index < -0.39 is 0 Å². The lowest BCUT2D eigenvalue weighted by atomic mass is 9.88. The van der Waals surface area contributed by atoms with E-state index in [0.29, 0.717) is 28.6 Å². The Morgan fingerprint density at radius 2 is 1.90 bits per heavy atom. The zero-order valence-electron chi connectivity index (χ0n) is 16.9. The van der Waals surface area contributed by atoms with Crippen molar-refractivity contribution in [3.63, 3.8) is 0 Å². The second kappa shape index (κ2) is 8.71. The van der Waals surface area contributed by atoms with Crippen molar-refractivity contribution in [1.29, 1.82) is 0 Å². The topological polar surface area (TPSA) is 62.5 Å². The summed E-state index contributed by atoms with van der Waals surface area (Å²) in [5.74, 6) is 1.11. The fourth-order valence-electron chi connectivity index (χ4n) is 5.07. The molecule has 0 aliphatic carbocycles. The van der Waals surface area contributed by atoms with Gasteiger partial charge in [-0.1, -0.05) is 35.6 Å². The Morgan fingerprint density at radius 3 is 2.67 bits per heavy atom. The summed E-state index contributed by atoms with van der Waals surface area (Å²) in [7, 11) is 2.21. The number of likely N-dealkylation sites (tertiary alicyclic amines) is 2. The Hall–Kier alpha value is -1.86. The average Bonchev–Trinajstić information content (AvgIpc) is 3.32. The van der Waals surface area contributed by atoms with Crippen molar-refractivity contribution in [2.24, 2.45) is 11.8 Å². The SMILES string of the molecule is Cc1ccccc1[C@@H]1[C@@H]2CN(C(=O)c3ccc4sc(N)nc4c3)C[C@@H]2CN1C.Cl.Cl. The van der Waals surface area contributed by atoms with E-state index >= 15 is 0 Å². The van der Waals surface area contributed by atoms with E-state index in [0.717, 1.165) is 29.9 Å². The van der Waals surface area contributed by atoms with E-state index in [9.17, 15) is 4.79 Å². The number of amides is 1. The molecule has 0 saturated carbocycles. The number of aromatic nitrogens is 1. The van der Waals surface area contributed by atoms with Crippen LogP contribution in [0.25, 0.3) is 10.2 Å². The maximum Gasteiger partial charge on any atom is 0.253 e. The predicted octanol–water partition coefficient (Wildman–Crippen LogP) is 4.41. The quantitative estimate of drug-likeness (QED) is 0.609. The number of carbonyl (C=O) groups is 1. The number of fused-ring (bicyclic) bond motifs is 2. The van der Waals surface area contributed by atoms with Gasteiger partial charge in [0, 0.05) is 37.2 Å². The molecule has 3 aromatic rings. The van der Waals surface area contributed by atoms with Crippen LogP contribution in [0.15, 0.2) is 42.5 Å². The van der Waals surface area contributed by atoms with E-state index in [4.69, 9.17) is 5.73 Å². The molecule has 0 spiro atoms. The van der Waals surface area contributed by atoms with Gasteiger partial charge in [0.1, 0.15) is 0 Å². The molecule has 2 N–H and O–H groups in total. The van der Waals surface area contributed by atoms with E-state index in [1.807, 2.05) is 23.1 Å². The molecule has 5 rings (SSSR count). The lowest BCUT2D eigenvalue weighted by Gasteiger charge is -2.28. The molecule has 0 radical (unpaired) electrons.